The van der Waals surface area contributed by atoms with Crippen molar-refractivity contribution in [3.8, 4) is 22.8 Å². The Hall–Kier alpha value is -4.44. The molecule has 2 N–H and O–H groups in total. The van der Waals surface area contributed by atoms with Crippen LogP contribution in [-0.4, -0.2) is 58.9 Å². The predicted octanol–water partition coefficient (Wildman–Crippen LogP) is 5.51. The zero-order valence-electron chi connectivity index (χ0n) is 22.5. The van der Waals surface area contributed by atoms with Crippen molar-refractivity contribution in [2.24, 2.45) is 7.05 Å². The smallest absolute Gasteiger partial charge is 0.323 e. The molecule has 1 aliphatic heterocycles. The molecule has 1 fully saturated rings. The number of nitrogens with one attached hydrogen (secondary N) is 2. The molecule has 0 radical (unpaired) electrons. The fourth-order valence-electron chi connectivity index (χ4n) is 4.68. The molecule has 0 saturated carbocycles. The van der Waals surface area contributed by atoms with E-state index in [4.69, 9.17) is 4.74 Å². The van der Waals surface area contributed by atoms with Gasteiger partial charge in [0, 0.05) is 67.6 Å². The summed E-state index contributed by atoms with van der Waals surface area (Å²) in [5, 5.41) is 9.58. The van der Waals surface area contributed by atoms with Crippen molar-refractivity contribution in [3.05, 3.63) is 78.5 Å². The maximum Gasteiger partial charge on any atom is 0.323 e. The third-order valence-electron chi connectivity index (χ3n) is 6.74. The number of aromatic nitrogens is 3. The van der Waals surface area contributed by atoms with Crippen LogP contribution in [0, 0.1) is 12.7 Å². The van der Waals surface area contributed by atoms with Gasteiger partial charge >= 0.3 is 6.03 Å². The Morgan fingerprint density at radius 2 is 1.92 bits per heavy atom. The average Bonchev–Trinajstić information content (AvgIpc) is 3.55. The van der Waals surface area contributed by atoms with Crippen LogP contribution in [0.15, 0.2) is 67.1 Å². The van der Waals surface area contributed by atoms with Gasteiger partial charge in [0.1, 0.15) is 17.3 Å². The van der Waals surface area contributed by atoms with E-state index in [0.717, 1.165) is 36.3 Å². The first-order valence-corrected chi connectivity index (χ1v) is 12.8. The second-order valence-corrected chi connectivity index (χ2v) is 10.0. The number of rotatable bonds is 7. The van der Waals surface area contributed by atoms with Crippen LogP contribution in [0.2, 0.25) is 0 Å². The topological polar surface area (TPSA) is 87.5 Å². The molecular weight excluding hydrogens is 497 g/mol. The summed E-state index contributed by atoms with van der Waals surface area (Å²) in [6, 6.07) is 13.7. The van der Waals surface area contributed by atoms with Gasteiger partial charge in [0.05, 0.1) is 17.6 Å². The van der Waals surface area contributed by atoms with Gasteiger partial charge < -0.3 is 25.2 Å². The van der Waals surface area contributed by atoms with Crippen molar-refractivity contribution in [2.75, 3.05) is 42.7 Å². The SMILES string of the molecule is Cc1cc(NC(=O)Nc2ccc(Oc3ccnc(-c4cnn(C)c4)c3)cc2F)cc(N2CCC(N(C)C)C2)c1. The minimum atomic E-state index is -0.610. The van der Waals surface area contributed by atoms with Gasteiger partial charge in [0.2, 0.25) is 0 Å². The average molecular weight is 530 g/mol. The number of anilines is 3. The van der Waals surface area contributed by atoms with Gasteiger partial charge in [-0.25, -0.2) is 9.18 Å². The van der Waals surface area contributed by atoms with E-state index in [2.05, 4.69) is 50.7 Å². The zero-order valence-corrected chi connectivity index (χ0v) is 22.5. The number of urea groups is 1. The summed E-state index contributed by atoms with van der Waals surface area (Å²) < 4.78 is 22.4. The van der Waals surface area contributed by atoms with Gasteiger partial charge in [-0.15, -0.1) is 0 Å². The third-order valence-corrected chi connectivity index (χ3v) is 6.74. The number of amides is 2. The Kier molecular flexibility index (Phi) is 7.47. The number of ether oxygens (including phenoxy) is 1. The summed E-state index contributed by atoms with van der Waals surface area (Å²) >= 11 is 0. The lowest BCUT2D eigenvalue weighted by Crippen LogP contribution is -2.31. The molecule has 10 heteroatoms. The number of carbonyl (C=O) groups is 1. The molecule has 1 atom stereocenters. The van der Waals surface area contributed by atoms with Crippen LogP contribution in [0.3, 0.4) is 0 Å². The second kappa shape index (κ2) is 11.1. The Labute approximate surface area is 227 Å². The minimum Gasteiger partial charge on any atom is -0.457 e. The fraction of sp³-hybridized carbons (Fsp3) is 0.276. The van der Waals surface area contributed by atoms with Crippen LogP contribution in [-0.2, 0) is 7.05 Å². The number of aryl methyl sites for hydroxylation is 2. The number of nitrogens with zero attached hydrogens (tertiary/aromatic N) is 5. The predicted molar refractivity (Wildman–Crippen MR) is 151 cm³/mol. The van der Waals surface area contributed by atoms with Crippen LogP contribution in [0.25, 0.3) is 11.3 Å². The Bertz CT molecular complexity index is 1490. The highest BCUT2D eigenvalue weighted by Crippen LogP contribution is 2.29. The standard InChI is InChI=1S/C29H32FN7O2/c1-19-11-21(13-23(12-19)37-10-8-22(18-37)35(2)3)33-29(38)34-27-6-5-24(14-26(27)30)39-25-7-9-31-28(15-25)20-16-32-36(4)17-20/h5-7,9,11-17,22H,8,10,18H2,1-4H3,(H2,33,34,38). The number of pyridine rings is 1. The first kappa shape index (κ1) is 26.2. The van der Waals surface area contributed by atoms with Crippen molar-refractivity contribution in [3.63, 3.8) is 0 Å². The number of carbonyl (C=O) groups excluding carboxylic acids is 1. The molecular formula is C29H32FN7O2. The van der Waals surface area contributed by atoms with Gasteiger partial charge in [0.15, 0.2) is 0 Å². The van der Waals surface area contributed by atoms with Crippen molar-refractivity contribution in [1.29, 1.82) is 0 Å². The maximum absolute atomic E-state index is 14.9. The molecule has 1 unspecified atom stereocenters. The lowest BCUT2D eigenvalue weighted by atomic mass is 10.2. The number of likely N-dealkylation sites (N-methyl/N-ethyl adjacent to an activating group) is 1. The fourth-order valence-corrected chi connectivity index (χ4v) is 4.68. The molecule has 4 aromatic rings. The van der Waals surface area contributed by atoms with Gasteiger partial charge in [-0.3, -0.25) is 9.67 Å². The first-order chi connectivity index (χ1) is 18.7. The van der Waals surface area contributed by atoms with Gasteiger partial charge in [-0.1, -0.05) is 0 Å². The molecule has 39 heavy (non-hydrogen) atoms. The summed E-state index contributed by atoms with van der Waals surface area (Å²) in [6.45, 7) is 3.89. The molecule has 202 valence electrons. The number of hydrogen-bond donors (Lipinski definition) is 2. The van der Waals surface area contributed by atoms with E-state index < -0.39 is 11.8 Å². The number of hydrogen-bond acceptors (Lipinski definition) is 6. The van der Waals surface area contributed by atoms with Crippen molar-refractivity contribution in [2.45, 2.75) is 19.4 Å². The lowest BCUT2D eigenvalue weighted by Gasteiger charge is -2.23. The number of halogens is 1. The monoisotopic (exact) mass is 529 g/mol. The molecule has 0 bridgehead atoms. The Balaban J connectivity index is 1.22. The maximum atomic E-state index is 14.9. The van der Waals surface area contributed by atoms with Crippen LogP contribution in [0.4, 0.5) is 26.2 Å². The van der Waals surface area contributed by atoms with E-state index in [1.807, 2.05) is 32.3 Å². The minimum absolute atomic E-state index is 0.0480. The zero-order chi connectivity index (χ0) is 27.5. The van der Waals surface area contributed by atoms with Crippen LogP contribution < -0.4 is 20.3 Å². The van der Waals surface area contributed by atoms with E-state index in [1.54, 1.807) is 35.3 Å². The lowest BCUT2D eigenvalue weighted by molar-refractivity contribution is 0.262. The molecule has 0 spiro atoms. The molecule has 2 aromatic heterocycles. The molecule has 2 amide bonds. The largest absolute Gasteiger partial charge is 0.457 e. The van der Waals surface area contributed by atoms with E-state index in [1.165, 1.54) is 12.1 Å². The van der Waals surface area contributed by atoms with Gasteiger partial charge in [-0.2, -0.15) is 5.10 Å². The molecule has 1 aliphatic rings. The van der Waals surface area contributed by atoms with Gasteiger partial charge in [-0.05, 0) is 69.4 Å². The molecule has 0 aliphatic carbocycles. The summed E-state index contributed by atoms with van der Waals surface area (Å²) in [5.41, 5.74) is 4.33. The highest BCUT2D eigenvalue weighted by atomic mass is 19.1. The summed E-state index contributed by atoms with van der Waals surface area (Å²) in [6.07, 6.45) is 6.27. The Morgan fingerprint density at radius 3 is 2.64 bits per heavy atom. The summed E-state index contributed by atoms with van der Waals surface area (Å²) in [5.74, 6) is 0.194. The highest BCUT2D eigenvalue weighted by molar-refractivity contribution is 6.00. The molecule has 1 saturated heterocycles. The summed E-state index contributed by atoms with van der Waals surface area (Å²) in [4.78, 5) is 21.6. The van der Waals surface area contributed by atoms with Crippen molar-refractivity contribution >= 4 is 23.1 Å². The molecule has 2 aromatic carbocycles. The summed E-state index contributed by atoms with van der Waals surface area (Å²) in [7, 11) is 6.02. The molecule has 9 nitrogen and oxygen atoms in total. The van der Waals surface area contributed by atoms with Crippen LogP contribution in [0.5, 0.6) is 11.5 Å². The van der Waals surface area contributed by atoms with Crippen molar-refractivity contribution < 1.29 is 13.9 Å². The van der Waals surface area contributed by atoms with Crippen LogP contribution >= 0.6 is 0 Å². The molecule has 3 heterocycles. The van der Waals surface area contributed by atoms with Crippen LogP contribution in [0.1, 0.15) is 12.0 Å². The second-order valence-electron chi connectivity index (χ2n) is 10.0. The van der Waals surface area contributed by atoms with Crippen molar-refractivity contribution in [1.82, 2.24) is 19.7 Å². The van der Waals surface area contributed by atoms with E-state index >= 15 is 0 Å². The van der Waals surface area contributed by atoms with Gasteiger partial charge in [0.25, 0.3) is 0 Å². The quantitative estimate of drug-likeness (QED) is 0.329. The van der Waals surface area contributed by atoms with E-state index in [-0.39, 0.29) is 5.69 Å². The Morgan fingerprint density at radius 1 is 1.10 bits per heavy atom. The van der Waals surface area contributed by atoms with E-state index in [0.29, 0.717) is 28.9 Å². The highest BCUT2D eigenvalue weighted by Gasteiger charge is 2.24. The van der Waals surface area contributed by atoms with E-state index in [9.17, 15) is 9.18 Å². The normalized spacial score (nSPS) is 15.0. The molecule has 5 rings (SSSR count). The third kappa shape index (κ3) is 6.35. The first-order valence-electron chi connectivity index (χ1n) is 12.8. The number of benzene rings is 2.